The maximum absolute atomic E-state index is 10.8. The van der Waals surface area contributed by atoms with Gasteiger partial charge in [-0.1, -0.05) is 49.7 Å². The summed E-state index contributed by atoms with van der Waals surface area (Å²) in [5.41, 5.74) is 1.80. The molecule has 1 aromatic carbocycles. The summed E-state index contributed by atoms with van der Waals surface area (Å²) in [6, 6.07) is 7.54. The van der Waals surface area contributed by atoms with Gasteiger partial charge in [-0.25, -0.2) is 0 Å². The zero-order valence-electron chi connectivity index (χ0n) is 9.37. The number of alkyl halides is 1. The Balaban J connectivity index is 3.16. The van der Waals surface area contributed by atoms with E-state index in [2.05, 4.69) is 0 Å². The van der Waals surface area contributed by atoms with Crippen molar-refractivity contribution in [2.75, 3.05) is 0 Å². The molecular formula is C11H16ClO3P. The number of rotatable bonds is 5. The average Bonchev–Trinajstić information content (AvgIpc) is 2.28. The minimum absolute atomic E-state index is 0.433. The molecule has 0 aromatic heterocycles. The summed E-state index contributed by atoms with van der Waals surface area (Å²) >= 11 is 6.27. The van der Waals surface area contributed by atoms with Gasteiger partial charge in [-0.05, 0) is 18.4 Å². The SMILES string of the molecule is CCc1ccccc1C(Cl)(CC)O[PH](=O)O. The van der Waals surface area contributed by atoms with Crippen LogP contribution in [-0.2, 0) is 20.6 Å². The van der Waals surface area contributed by atoms with Gasteiger partial charge in [-0.15, -0.1) is 0 Å². The van der Waals surface area contributed by atoms with Crippen LogP contribution in [-0.4, -0.2) is 4.89 Å². The molecule has 2 atom stereocenters. The third-order valence-electron chi connectivity index (χ3n) is 2.50. The molecule has 0 saturated carbocycles. The van der Waals surface area contributed by atoms with E-state index in [9.17, 15) is 4.57 Å². The van der Waals surface area contributed by atoms with Gasteiger partial charge in [0.15, 0.2) is 5.06 Å². The number of halogens is 1. The Morgan fingerprint density at radius 3 is 2.56 bits per heavy atom. The lowest BCUT2D eigenvalue weighted by atomic mass is 9.98. The predicted molar refractivity (Wildman–Crippen MR) is 65.9 cm³/mol. The standard InChI is InChI=1S/C11H16ClO3P/c1-3-9-7-5-6-8-10(9)11(12,4-2)15-16(13)14/h5-8,16H,3-4H2,1-2H3,(H,13,14). The highest BCUT2D eigenvalue weighted by atomic mass is 35.5. The first-order chi connectivity index (χ1) is 7.53. The molecule has 2 unspecified atom stereocenters. The van der Waals surface area contributed by atoms with Crippen LogP contribution in [0.5, 0.6) is 0 Å². The number of aryl methyl sites for hydroxylation is 1. The van der Waals surface area contributed by atoms with E-state index in [1.54, 1.807) is 0 Å². The molecule has 1 rings (SSSR count). The smallest absolute Gasteiger partial charge is 0.318 e. The van der Waals surface area contributed by atoms with Gasteiger partial charge < -0.3 is 4.89 Å². The fourth-order valence-corrected chi connectivity index (χ4v) is 2.56. The van der Waals surface area contributed by atoms with Crippen molar-refractivity contribution in [3.8, 4) is 0 Å². The number of hydrogen-bond donors (Lipinski definition) is 1. The molecule has 0 fully saturated rings. The number of benzene rings is 1. The largest absolute Gasteiger partial charge is 0.326 e. The predicted octanol–water partition coefficient (Wildman–Crippen LogP) is 3.45. The lowest BCUT2D eigenvalue weighted by Gasteiger charge is -2.26. The van der Waals surface area contributed by atoms with E-state index < -0.39 is 13.3 Å². The van der Waals surface area contributed by atoms with Gasteiger partial charge in [0.2, 0.25) is 0 Å². The minimum Gasteiger partial charge on any atom is -0.326 e. The highest BCUT2D eigenvalue weighted by Crippen LogP contribution is 2.42. The van der Waals surface area contributed by atoms with Crippen molar-refractivity contribution in [2.45, 2.75) is 31.7 Å². The Morgan fingerprint density at radius 2 is 2.06 bits per heavy atom. The summed E-state index contributed by atoms with van der Waals surface area (Å²) in [7, 11) is -3.06. The summed E-state index contributed by atoms with van der Waals surface area (Å²) in [4.78, 5) is 8.88. The van der Waals surface area contributed by atoms with E-state index in [0.717, 1.165) is 17.5 Å². The van der Waals surface area contributed by atoms with E-state index in [1.165, 1.54) is 0 Å². The van der Waals surface area contributed by atoms with Gasteiger partial charge in [0, 0.05) is 5.56 Å². The molecule has 1 N–H and O–H groups in total. The molecule has 0 radical (unpaired) electrons. The third-order valence-corrected chi connectivity index (χ3v) is 3.70. The molecule has 0 aliphatic carbocycles. The molecule has 0 aliphatic rings. The minimum atomic E-state index is -3.06. The summed E-state index contributed by atoms with van der Waals surface area (Å²) < 4.78 is 15.8. The zero-order valence-corrected chi connectivity index (χ0v) is 11.1. The summed E-state index contributed by atoms with van der Waals surface area (Å²) in [6.45, 7) is 3.83. The van der Waals surface area contributed by atoms with Crippen LogP contribution in [0.1, 0.15) is 31.4 Å². The lowest BCUT2D eigenvalue weighted by Crippen LogP contribution is -2.20. The van der Waals surface area contributed by atoms with Crippen LogP contribution >= 0.6 is 19.9 Å². The van der Waals surface area contributed by atoms with Gasteiger partial charge in [0.1, 0.15) is 0 Å². The first-order valence-electron chi connectivity index (χ1n) is 5.22. The van der Waals surface area contributed by atoms with Crippen molar-refractivity contribution in [2.24, 2.45) is 0 Å². The van der Waals surface area contributed by atoms with Crippen LogP contribution in [0, 0.1) is 0 Å². The van der Waals surface area contributed by atoms with Gasteiger partial charge in [-0.3, -0.25) is 9.09 Å². The van der Waals surface area contributed by atoms with Gasteiger partial charge >= 0.3 is 8.25 Å². The van der Waals surface area contributed by atoms with E-state index in [1.807, 2.05) is 38.1 Å². The van der Waals surface area contributed by atoms with Crippen molar-refractivity contribution in [3.63, 3.8) is 0 Å². The molecule has 3 nitrogen and oxygen atoms in total. The summed E-state index contributed by atoms with van der Waals surface area (Å²) in [5, 5.41) is -1.20. The monoisotopic (exact) mass is 262 g/mol. The van der Waals surface area contributed by atoms with Gasteiger partial charge in [0.05, 0.1) is 0 Å². The lowest BCUT2D eigenvalue weighted by molar-refractivity contribution is 0.143. The van der Waals surface area contributed by atoms with Crippen LogP contribution in [0.2, 0.25) is 0 Å². The van der Waals surface area contributed by atoms with E-state index in [-0.39, 0.29) is 0 Å². The molecule has 16 heavy (non-hydrogen) atoms. The highest BCUT2D eigenvalue weighted by molar-refractivity contribution is 7.32. The molecule has 0 spiro atoms. The van der Waals surface area contributed by atoms with Crippen molar-refractivity contribution >= 4 is 19.9 Å². The van der Waals surface area contributed by atoms with Crippen molar-refractivity contribution in [3.05, 3.63) is 35.4 Å². The normalized spacial score (nSPS) is 16.8. The second kappa shape index (κ2) is 5.83. The van der Waals surface area contributed by atoms with Crippen LogP contribution in [0.15, 0.2) is 24.3 Å². The fraction of sp³-hybridized carbons (Fsp3) is 0.455. The first-order valence-corrected chi connectivity index (χ1v) is 6.87. The molecule has 0 heterocycles. The Bertz CT molecular complexity index is 383. The highest BCUT2D eigenvalue weighted by Gasteiger charge is 2.32. The second-order valence-electron chi connectivity index (χ2n) is 3.46. The number of hydrogen-bond acceptors (Lipinski definition) is 2. The molecule has 1 aromatic rings. The third kappa shape index (κ3) is 3.08. The van der Waals surface area contributed by atoms with Crippen LogP contribution in [0.25, 0.3) is 0 Å². The average molecular weight is 263 g/mol. The maximum atomic E-state index is 10.8. The first kappa shape index (κ1) is 13.7. The molecule has 0 bridgehead atoms. The molecule has 5 heteroatoms. The van der Waals surface area contributed by atoms with E-state index in [4.69, 9.17) is 21.0 Å². The van der Waals surface area contributed by atoms with Crippen LogP contribution in [0.4, 0.5) is 0 Å². The zero-order chi connectivity index (χ0) is 12.2. The Kier molecular flexibility index (Phi) is 5.00. The van der Waals surface area contributed by atoms with Crippen LogP contribution in [0.3, 0.4) is 0 Å². The van der Waals surface area contributed by atoms with Crippen molar-refractivity contribution in [1.82, 2.24) is 0 Å². The second-order valence-corrected chi connectivity index (χ2v) is 4.81. The van der Waals surface area contributed by atoms with Gasteiger partial charge in [-0.2, -0.15) is 0 Å². The van der Waals surface area contributed by atoms with E-state index in [0.29, 0.717) is 6.42 Å². The Labute approximate surface area is 101 Å². The Hall–Kier alpha value is -0.340. The maximum Gasteiger partial charge on any atom is 0.318 e. The van der Waals surface area contributed by atoms with E-state index >= 15 is 0 Å². The van der Waals surface area contributed by atoms with Crippen molar-refractivity contribution in [1.29, 1.82) is 0 Å². The molecule has 0 amide bonds. The Morgan fingerprint density at radius 1 is 1.44 bits per heavy atom. The molecule has 0 saturated heterocycles. The molecule has 90 valence electrons. The molecule has 0 aliphatic heterocycles. The van der Waals surface area contributed by atoms with Crippen LogP contribution < -0.4 is 0 Å². The van der Waals surface area contributed by atoms with Crippen molar-refractivity contribution < 1.29 is 14.0 Å². The quantitative estimate of drug-likeness (QED) is 0.653. The van der Waals surface area contributed by atoms with Gasteiger partial charge in [0.25, 0.3) is 0 Å². The summed E-state index contributed by atoms with van der Waals surface area (Å²) in [5.74, 6) is 0. The molecular weight excluding hydrogens is 247 g/mol. The topological polar surface area (TPSA) is 46.5 Å². The summed E-state index contributed by atoms with van der Waals surface area (Å²) in [6.07, 6.45) is 1.24. The fourth-order valence-electron chi connectivity index (χ4n) is 1.65.